The molecule has 1 fully saturated rings. The van der Waals surface area contributed by atoms with Crippen LogP contribution in [0.25, 0.3) is 33.4 Å². The number of ketones is 1. The summed E-state index contributed by atoms with van der Waals surface area (Å²) < 4.78 is 7.28. The average molecular weight is 594 g/mol. The van der Waals surface area contributed by atoms with Gasteiger partial charge in [-0.3, -0.25) is 9.69 Å². The number of hydrogen-bond donors (Lipinski definition) is 2. The lowest BCUT2D eigenvalue weighted by molar-refractivity contribution is -0.134. The normalized spacial score (nSPS) is 16.1. The zero-order valence-corrected chi connectivity index (χ0v) is 24.7. The van der Waals surface area contributed by atoms with Crippen LogP contribution in [0.2, 0.25) is 0 Å². The van der Waals surface area contributed by atoms with Crippen molar-refractivity contribution < 1.29 is 14.0 Å². The van der Waals surface area contributed by atoms with E-state index in [4.69, 9.17) is 21.0 Å². The smallest absolute Gasteiger partial charge is 0.292 e. The first kappa shape index (κ1) is 28.0. The maximum Gasteiger partial charge on any atom is 0.292 e. The molecular weight excluding hydrogens is 558 g/mol. The fourth-order valence-corrected chi connectivity index (χ4v) is 6.57. The molecule has 226 valence electrons. The number of hydrogen-bond acceptors (Lipinski definition) is 10. The van der Waals surface area contributed by atoms with Crippen molar-refractivity contribution >= 4 is 45.7 Å². The quantitative estimate of drug-likeness (QED) is 0.286. The predicted octanol–water partition coefficient (Wildman–Crippen LogP) is 3.42. The summed E-state index contributed by atoms with van der Waals surface area (Å²) in [6, 6.07) is 12.1. The Morgan fingerprint density at radius 3 is 2.68 bits per heavy atom. The van der Waals surface area contributed by atoms with Gasteiger partial charge in [0.15, 0.2) is 11.2 Å². The number of likely N-dealkylation sites (tertiary alicyclic amines) is 1. The fourth-order valence-electron chi connectivity index (χ4n) is 6.57. The summed E-state index contributed by atoms with van der Waals surface area (Å²) >= 11 is 0. The number of anilines is 2. The second-order valence-electron chi connectivity index (χ2n) is 12.0. The van der Waals surface area contributed by atoms with Crippen molar-refractivity contribution in [3.8, 4) is 11.3 Å². The van der Waals surface area contributed by atoms with Gasteiger partial charge >= 0.3 is 0 Å². The van der Waals surface area contributed by atoms with Crippen LogP contribution in [0.4, 0.5) is 11.8 Å². The molecule has 12 nitrogen and oxygen atoms in total. The van der Waals surface area contributed by atoms with E-state index in [9.17, 15) is 9.59 Å². The molecule has 5 heterocycles. The molecule has 7 rings (SSSR count). The molecule has 1 saturated heterocycles. The Kier molecular flexibility index (Phi) is 7.21. The largest absolute Gasteiger partial charge is 0.424 e. The first-order valence-corrected chi connectivity index (χ1v) is 15.0. The molecule has 5 aromatic rings. The second kappa shape index (κ2) is 11.3. The van der Waals surface area contributed by atoms with Gasteiger partial charge in [0, 0.05) is 25.1 Å². The van der Waals surface area contributed by atoms with Crippen LogP contribution in [0.5, 0.6) is 0 Å². The minimum absolute atomic E-state index is 0.109. The van der Waals surface area contributed by atoms with Gasteiger partial charge in [-0.25, -0.2) is 14.6 Å². The Morgan fingerprint density at radius 2 is 1.86 bits per heavy atom. The lowest BCUT2D eigenvalue weighted by Gasteiger charge is -2.34. The van der Waals surface area contributed by atoms with Gasteiger partial charge in [0.2, 0.25) is 5.91 Å². The number of oxazole rings is 1. The number of carbonyl (C=O) groups is 2. The summed E-state index contributed by atoms with van der Waals surface area (Å²) in [4.78, 5) is 41.8. The number of fused-ring (bicyclic) bond motifs is 3. The topological polar surface area (TPSA) is 162 Å². The van der Waals surface area contributed by atoms with Crippen LogP contribution in [0.15, 0.2) is 47.1 Å². The van der Waals surface area contributed by atoms with Crippen LogP contribution in [0, 0.1) is 5.92 Å². The minimum atomic E-state index is 0.109. The van der Waals surface area contributed by atoms with Crippen molar-refractivity contribution in [2.75, 3.05) is 37.6 Å². The first-order chi connectivity index (χ1) is 21.3. The van der Waals surface area contributed by atoms with Crippen LogP contribution >= 0.6 is 0 Å². The van der Waals surface area contributed by atoms with Crippen LogP contribution in [0.1, 0.15) is 42.9 Å². The predicted molar refractivity (Wildman–Crippen MR) is 166 cm³/mol. The number of rotatable bonds is 7. The summed E-state index contributed by atoms with van der Waals surface area (Å²) in [5.74, 6) is 1.23. The lowest BCUT2D eigenvalue weighted by atomic mass is 9.92. The van der Waals surface area contributed by atoms with E-state index in [1.807, 2.05) is 27.8 Å². The number of nitrogens with two attached hydrogens (primary N) is 2. The summed E-state index contributed by atoms with van der Waals surface area (Å²) in [7, 11) is 0. The molecule has 12 heteroatoms. The minimum Gasteiger partial charge on any atom is -0.424 e. The number of amides is 1. The molecule has 2 aliphatic heterocycles. The van der Waals surface area contributed by atoms with E-state index in [0.717, 1.165) is 43.5 Å². The molecule has 0 unspecified atom stereocenters. The highest BCUT2D eigenvalue weighted by molar-refractivity contribution is 5.99. The van der Waals surface area contributed by atoms with Gasteiger partial charge in [0.05, 0.1) is 18.5 Å². The van der Waals surface area contributed by atoms with Gasteiger partial charge in [0.25, 0.3) is 6.01 Å². The van der Waals surface area contributed by atoms with Crippen molar-refractivity contribution in [2.45, 2.75) is 45.7 Å². The molecule has 0 atom stereocenters. The van der Waals surface area contributed by atoms with E-state index in [0.29, 0.717) is 72.2 Å². The maximum absolute atomic E-state index is 13.2. The van der Waals surface area contributed by atoms with E-state index in [1.165, 1.54) is 17.5 Å². The summed E-state index contributed by atoms with van der Waals surface area (Å²) in [6.07, 6.45) is 4.87. The van der Waals surface area contributed by atoms with Crippen LogP contribution in [-0.2, 0) is 29.1 Å². The van der Waals surface area contributed by atoms with Crippen molar-refractivity contribution in [3.63, 3.8) is 0 Å². The summed E-state index contributed by atoms with van der Waals surface area (Å²) in [5.41, 5.74) is 18.9. The molecule has 0 spiro atoms. The molecule has 2 aromatic carbocycles. The van der Waals surface area contributed by atoms with Crippen molar-refractivity contribution in [3.05, 3.63) is 59.4 Å². The molecule has 0 saturated carbocycles. The van der Waals surface area contributed by atoms with E-state index >= 15 is 0 Å². The van der Waals surface area contributed by atoms with Crippen LogP contribution in [0.3, 0.4) is 0 Å². The van der Waals surface area contributed by atoms with Crippen LogP contribution in [-0.4, -0.2) is 72.4 Å². The standard InChI is InChI=1S/C32H35N9O3/c1-19(42)12-20-6-9-39(10-7-20)17-27(43)40-11-8-22-13-21(2-3-24(22)16-40)15-41-31-28(30(33)35-18-36-31)29(38-41)23-4-5-26-25(14-23)37-32(34)44-26/h2-5,13-14,18,20H,6-12,15-17H2,1H3,(H2,34,37)(H2,33,35,36). The Hall–Kier alpha value is -4.84. The zero-order valence-electron chi connectivity index (χ0n) is 24.7. The third-order valence-corrected chi connectivity index (χ3v) is 8.85. The monoisotopic (exact) mass is 593 g/mol. The summed E-state index contributed by atoms with van der Waals surface area (Å²) in [5, 5.41) is 5.60. The molecule has 0 aliphatic carbocycles. The molecular formula is C32H35N9O3. The van der Waals surface area contributed by atoms with Crippen molar-refractivity contribution in [1.82, 2.24) is 34.5 Å². The van der Waals surface area contributed by atoms with Gasteiger partial charge in [-0.1, -0.05) is 18.2 Å². The fraction of sp³-hybridized carbons (Fsp3) is 0.375. The molecule has 44 heavy (non-hydrogen) atoms. The third kappa shape index (κ3) is 5.48. The molecule has 4 N–H and O–H groups in total. The van der Waals surface area contributed by atoms with Crippen molar-refractivity contribution in [2.24, 2.45) is 5.92 Å². The Morgan fingerprint density at radius 1 is 1.02 bits per heavy atom. The van der Waals surface area contributed by atoms with Crippen LogP contribution < -0.4 is 11.5 Å². The summed E-state index contributed by atoms with van der Waals surface area (Å²) in [6.45, 7) is 5.67. The van der Waals surface area contributed by atoms with Gasteiger partial charge in [0.1, 0.15) is 29.1 Å². The molecule has 0 radical (unpaired) electrons. The number of piperidine rings is 1. The number of benzene rings is 2. The highest BCUT2D eigenvalue weighted by Crippen LogP contribution is 2.33. The number of Topliss-reactive ketones (excluding diaryl/α,β-unsaturated/α-hetero) is 1. The van der Waals surface area contributed by atoms with Gasteiger partial charge in [-0.05, 0) is 80.1 Å². The number of aromatic nitrogens is 5. The number of carbonyl (C=O) groups excluding carboxylic acids is 2. The van der Waals surface area contributed by atoms with Gasteiger partial charge in [-0.2, -0.15) is 10.1 Å². The first-order valence-electron chi connectivity index (χ1n) is 15.0. The maximum atomic E-state index is 13.2. The molecule has 1 amide bonds. The Balaban J connectivity index is 1.06. The van der Waals surface area contributed by atoms with E-state index < -0.39 is 0 Å². The highest BCUT2D eigenvalue weighted by Gasteiger charge is 2.26. The third-order valence-electron chi connectivity index (χ3n) is 8.85. The second-order valence-corrected chi connectivity index (χ2v) is 12.0. The Labute approximate surface area is 254 Å². The van der Waals surface area contributed by atoms with E-state index in [-0.39, 0.29) is 17.7 Å². The van der Waals surface area contributed by atoms with E-state index in [2.05, 4.69) is 38.1 Å². The van der Waals surface area contributed by atoms with Gasteiger partial charge < -0.3 is 25.6 Å². The highest BCUT2D eigenvalue weighted by atomic mass is 16.4. The van der Waals surface area contributed by atoms with E-state index in [1.54, 1.807) is 6.92 Å². The number of nitrogen functional groups attached to an aromatic ring is 2. The molecule has 0 bridgehead atoms. The zero-order chi connectivity index (χ0) is 30.4. The molecule has 2 aliphatic rings. The SMILES string of the molecule is CC(=O)CC1CCN(CC(=O)N2CCc3cc(Cn4nc(-c5ccc6oc(N)nc6c5)c5c(N)ncnc54)ccc3C2)CC1. The van der Waals surface area contributed by atoms with Crippen molar-refractivity contribution in [1.29, 1.82) is 0 Å². The Bertz CT molecular complexity index is 1890. The number of nitrogens with zero attached hydrogens (tertiary/aromatic N) is 7. The molecule has 3 aromatic heterocycles. The van der Waals surface area contributed by atoms with Gasteiger partial charge in [-0.15, -0.1) is 0 Å². The lowest BCUT2D eigenvalue weighted by Crippen LogP contribution is -2.45. The average Bonchev–Trinajstić information content (AvgIpc) is 3.57.